The van der Waals surface area contributed by atoms with Gasteiger partial charge >= 0.3 is 0 Å². The summed E-state index contributed by atoms with van der Waals surface area (Å²) in [6, 6.07) is 18.5. The lowest BCUT2D eigenvalue weighted by molar-refractivity contribution is 0.0957. The van der Waals surface area contributed by atoms with E-state index in [4.69, 9.17) is 9.40 Å². The molecule has 3 heterocycles. The van der Waals surface area contributed by atoms with Crippen LogP contribution >= 0.6 is 11.3 Å². The second kappa shape index (κ2) is 8.60. The zero-order valence-electron chi connectivity index (χ0n) is 18.1. The monoisotopic (exact) mass is 440 g/mol. The summed E-state index contributed by atoms with van der Waals surface area (Å²) in [6.07, 6.45) is 5.22. The molecule has 0 saturated heterocycles. The summed E-state index contributed by atoms with van der Waals surface area (Å²) >= 11 is 1.55. The quantitative estimate of drug-likeness (QED) is 0.299. The lowest BCUT2D eigenvalue weighted by atomic mass is 10.00. The SMILES string of the molecule is Cc1ccc(-c2c(C(=O)NCCCc3ccco3)sc3c2cnc2ccc(C)cc23)cc1. The van der Waals surface area contributed by atoms with Crippen molar-refractivity contribution in [1.82, 2.24) is 10.3 Å². The molecule has 0 unspecified atom stereocenters. The Balaban J connectivity index is 1.54. The number of aryl methyl sites for hydroxylation is 3. The number of benzene rings is 2. The Morgan fingerprint density at radius 3 is 2.62 bits per heavy atom. The third-order valence-electron chi connectivity index (χ3n) is 5.69. The predicted molar refractivity (Wildman–Crippen MR) is 131 cm³/mol. The van der Waals surface area contributed by atoms with Crippen LogP contribution in [0.3, 0.4) is 0 Å². The summed E-state index contributed by atoms with van der Waals surface area (Å²) in [4.78, 5) is 18.7. The first-order chi connectivity index (χ1) is 15.6. The molecule has 0 fully saturated rings. The molecular weight excluding hydrogens is 416 g/mol. The number of nitrogens with zero attached hydrogens (tertiary/aromatic N) is 1. The summed E-state index contributed by atoms with van der Waals surface area (Å²) in [5.74, 6) is 0.899. The van der Waals surface area contributed by atoms with E-state index in [1.54, 1.807) is 17.6 Å². The first kappa shape index (κ1) is 20.5. The Kier molecular flexibility index (Phi) is 5.50. The number of thiophene rings is 1. The van der Waals surface area contributed by atoms with Crippen molar-refractivity contribution in [3.05, 3.63) is 88.8 Å². The molecule has 32 heavy (non-hydrogen) atoms. The molecule has 0 aliphatic rings. The minimum atomic E-state index is -0.0398. The topological polar surface area (TPSA) is 55.1 Å². The normalized spacial score (nSPS) is 11.3. The van der Waals surface area contributed by atoms with E-state index in [9.17, 15) is 4.79 Å². The minimum Gasteiger partial charge on any atom is -0.469 e. The van der Waals surface area contributed by atoms with Crippen molar-refractivity contribution in [1.29, 1.82) is 0 Å². The number of amides is 1. The third kappa shape index (κ3) is 3.92. The zero-order valence-corrected chi connectivity index (χ0v) is 19.0. The Morgan fingerprint density at radius 1 is 1.03 bits per heavy atom. The molecule has 0 radical (unpaired) electrons. The standard InChI is InChI=1S/C27H24N2O2S/c1-17-7-10-19(11-8-17)24-22-16-29-23-12-9-18(2)15-21(23)25(22)32-26(24)27(30)28-13-3-5-20-6-4-14-31-20/h4,6-12,14-16H,3,5,13H2,1-2H3,(H,28,30). The van der Waals surface area contributed by atoms with Gasteiger partial charge in [-0.15, -0.1) is 11.3 Å². The second-order valence-electron chi connectivity index (χ2n) is 8.13. The average molecular weight is 441 g/mol. The minimum absolute atomic E-state index is 0.0398. The van der Waals surface area contributed by atoms with Crippen molar-refractivity contribution in [3.63, 3.8) is 0 Å². The van der Waals surface area contributed by atoms with Crippen LogP contribution in [0.1, 0.15) is 33.0 Å². The van der Waals surface area contributed by atoms with Crippen LogP contribution in [0.5, 0.6) is 0 Å². The van der Waals surface area contributed by atoms with Crippen LogP contribution < -0.4 is 5.32 Å². The number of pyridine rings is 1. The molecular formula is C27H24N2O2S. The lowest BCUT2D eigenvalue weighted by Gasteiger charge is -2.07. The highest BCUT2D eigenvalue weighted by Gasteiger charge is 2.21. The number of nitrogens with one attached hydrogen (secondary N) is 1. The molecule has 5 heteroatoms. The van der Waals surface area contributed by atoms with Gasteiger partial charge in [0.15, 0.2) is 0 Å². The Morgan fingerprint density at radius 2 is 1.84 bits per heavy atom. The maximum absolute atomic E-state index is 13.3. The summed E-state index contributed by atoms with van der Waals surface area (Å²) < 4.78 is 6.49. The maximum atomic E-state index is 13.3. The van der Waals surface area contributed by atoms with Crippen molar-refractivity contribution in [2.24, 2.45) is 0 Å². The van der Waals surface area contributed by atoms with E-state index in [2.05, 4.69) is 55.6 Å². The molecule has 0 spiro atoms. The molecule has 0 saturated carbocycles. The van der Waals surface area contributed by atoms with Crippen LogP contribution in [-0.4, -0.2) is 17.4 Å². The van der Waals surface area contributed by atoms with Crippen molar-refractivity contribution in [3.8, 4) is 11.1 Å². The highest BCUT2D eigenvalue weighted by molar-refractivity contribution is 7.22. The van der Waals surface area contributed by atoms with E-state index in [0.717, 1.165) is 55.6 Å². The van der Waals surface area contributed by atoms with Crippen LogP contribution in [0.2, 0.25) is 0 Å². The van der Waals surface area contributed by atoms with Gasteiger partial charge in [0.25, 0.3) is 5.91 Å². The molecule has 2 aromatic carbocycles. The van der Waals surface area contributed by atoms with E-state index >= 15 is 0 Å². The Hall–Kier alpha value is -3.44. The summed E-state index contributed by atoms with van der Waals surface area (Å²) in [7, 11) is 0. The Bertz CT molecular complexity index is 1400. The third-order valence-corrected chi connectivity index (χ3v) is 6.92. The van der Waals surface area contributed by atoms with E-state index in [1.165, 1.54) is 11.1 Å². The van der Waals surface area contributed by atoms with Gasteiger partial charge in [0.05, 0.1) is 11.8 Å². The van der Waals surface area contributed by atoms with E-state index in [0.29, 0.717) is 6.54 Å². The van der Waals surface area contributed by atoms with Crippen LogP contribution in [0.25, 0.3) is 32.1 Å². The molecule has 4 nitrogen and oxygen atoms in total. The second-order valence-corrected chi connectivity index (χ2v) is 9.15. The summed E-state index contributed by atoms with van der Waals surface area (Å²) in [6.45, 7) is 4.75. The Labute approximate surface area is 190 Å². The van der Waals surface area contributed by atoms with Gasteiger partial charge in [-0.3, -0.25) is 9.78 Å². The first-order valence-corrected chi connectivity index (χ1v) is 11.6. The molecule has 0 aliphatic heterocycles. The van der Waals surface area contributed by atoms with E-state index in [1.807, 2.05) is 24.4 Å². The number of fused-ring (bicyclic) bond motifs is 3. The fraction of sp³-hybridized carbons (Fsp3) is 0.185. The fourth-order valence-corrected chi connectivity index (χ4v) is 5.25. The summed E-state index contributed by atoms with van der Waals surface area (Å²) in [5.41, 5.74) is 5.32. The smallest absolute Gasteiger partial charge is 0.262 e. The van der Waals surface area contributed by atoms with Crippen LogP contribution in [-0.2, 0) is 6.42 Å². The highest BCUT2D eigenvalue weighted by atomic mass is 32.1. The molecule has 160 valence electrons. The average Bonchev–Trinajstić information content (AvgIpc) is 3.45. The fourth-order valence-electron chi connectivity index (χ4n) is 4.01. The molecule has 0 atom stereocenters. The van der Waals surface area contributed by atoms with Gasteiger partial charge in [-0.25, -0.2) is 0 Å². The number of hydrogen-bond donors (Lipinski definition) is 1. The van der Waals surface area contributed by atoms with Crippen molar-refractivity contribution >= 4 is 38.2 Å². The van der Waals surface area contributed by atoms with Crippen molar-refractivity contribution < 1.29 is 9.21 Å². The molecule has 0 bridgehead atoms. The first-order valence-electron chi connectivity index (χ1n) is 10.8. The molecule has 1 N–H and O–H groups in total. The van der Waals surface area contributed by atoms with E-state index in [-0.39, 0.29) is 5.91 Å². The maximum Gasteiger partial charge on any atom is 0.262 e. The number of carbonyl (C=O) groups is 1. The van der Waals surface area contributed by atoms with Crippen LogP contribution in [0.15, 0.2) is 71.5 Å². The van der Waals surface area contributed by atoms with Crippen LogP contribution in [0.4, 0.5) is 0 Å². The van der Waals surface area contributed by atoms with Gasteiger partial charge in [0.1, 0.15) is 10.6 Å². The molecule has 5 aromatic rings. The number of rotatable bonds is 6. The van der Waals surface area contributed by atoms with Gasteiger partial charge < -0.3 is 9.73 Å². The number of aromatic nitrogens is 1. The number of carbonyl (C=O) groups excluding carboxylic acids is 1. The zero-order chi connectivity index (χ0) is 22.1. The van der Waals surface area contributed by atoms with Gasteiger partial charge in [0.2, 0.25) is 0 Å². The predicted octanol–water partition coefficient (Wildman–Crippen LogP) is 6.69. The lowest BCUT2D eigenvalue weighted by Crippen LogP contribution is -2.24. The van der Waals surface area contributed by atoms with E-state index < -0.39 is 0 Å². The number of furan rings is 1. The van der Waals surface area contributed by atoms with Crippen molar-refractivity contribution in [2.45, 2.75) is 26.7 Å². The highest BCUT2D eigenvalue weighted by Crippen LogP contribution is 2.41. The van der Waals surface area contributed by atoms with Gasteiger partial charge in [0, 0.05) is 40.2 Å². The van der Waals surface area contributed by atoms with Crippen LogP contribution in [0, 0.1) is 13.8 Å². The van der Waals surface area contributed by atoms with Gasteiger partial charge in [-0.2, -0.15) is 0 Å². The van der Waals surface area contributed by atoms with Gasteiger partial charge in [-0.05, 0) is 50.1 Å². The van der Waals surface area contributed by atoms with Gasteiger partial charge in [-0.1, -0.05) is 41.5 Å². The van der Waals surface area contributed by atoms with Crippen molar-refractivity contribution in [2.75, 3.05) is 6.54 Å². The summed E-state index contributed by atoms with van der Waals surface area (Å²) in [5, 5.41) is 5.23. The molecule has 5 rings (SSSR count). The largest absolute Gasteiger partial charge is 0.469 e. The molecule has 0 aliphatic carbocycles. The molecule has 1 amide bonds. The number of hydrogen-bond acceptors (Lipinski definition) is 4. The molecule has 3 aromatic heterocycles.